The summed E-state index contributed by atoms with van der Waals surface area (Å²) in [6, 6.07) is 4.87. The van der Waals surface area contributed by atoms with E-state index < -0.39 is 0 Å². The summed E-state index contributed by atoms with van der Waals surface area (Å²) in [6.45, 7) is 3.97. The third kappa shape index (κ3) is 3.54. The molecule has 3 nitrogen and oxygen atoms in total. The van der Waals surface area contributed by atoms with Gasteiger partial charge in [-0.3, -0.25) is 4.79 Å². The Labute approximate surface area is 137 Å². The topological polar surface area (TPSA) is 41.1 Å². The van der Waals surface area contributed by atoms with Gasteiger partial charge in [-0.15, -0.1) is 11.3 Å². The minimum absolute atomic E-state index is 0.195. The Bertz CT molecular complexity index is 479. The molecule has 3 rings (SSSR count). The number of thiophene rings is 1. The third-order valence-electron chi connectivity index (χ3n) is 5.45. The van der Waals surface area contributed by atoms with E-state index in [4.69, 9.17) is 0 Å². The van der Waals surface area contributed by atoms with Crippen LogP contribution in [0.25, 0.3) is 0 Å². The van der Waals surface area contributed by atoms with Crippen LogP contribution in [0.15, 0.2) is 17.5 Å². The Morgan fingerprint density at radius 1 is 1.41 bits per heavy atom. The maximum atomic E-state index is 12.6. The fourth-order valence-electron chi connectivity index (χ4n) is 4.09. The van der Waals surface area contributed by atoms with Crippen molar-refractivity contribution >= 4 is 17.2 Å². The van der Waals surface area contributed by atoms with Crippen LogP contribution in [-0.2, 0) is 10.2 Å². The summed E-state index contributed by atoms with van der Waals surface area (Å²) in [7, 11) is 0. The molecule has 1 saturated heterocycles. The number of rotatable bonds is 4. The van der Waals surface area contributed by atoms with Crippen molar-refractivity contribution in [3.8, 4) is 0 Å². The van der Waals surface area contributed by atoms with E-state index >= 15 is 0 Å². The molecular weight excluding hydrogens is 292 g/mol. The van der Waals surface area contributed by atoms with Crippen LogP contribution in [0.4, 0.5) is 0 Å². The van der Waals surface area contributed by atoms with E-state index in [9.17, 15) is 4.79 Å². The quantitative estimate of drug-likeness (QED) is 0.892. The van der Waals surface area contributed by atoms with Gasteiger partial charge in [-0.25, -0.2) is 0 Å². The van der Waals surface area contributed by atoms with Gasteiger partial charge in [-0.05, 0) is 50.6 Å². The highest BCUT2D eigenvalue weighted by Crippen LogP contribution is 2.41. The second kappa shape index (κ2) is 7.14. The lowest BCUT2D eigenvalue weighted by Crippen LogP contribution is -2.47. The molecule has 2 aliphatic rings. The molecule has 2 fully saturated rings. The van der Waals surface area contributed by atoms with Gasteiger partial charge in [0.2, 0.25) is 5.91 Å². The molecular formula is C18H28N2OS. The fraction of sp³-hybridized carbons (Fsp3) is 0.722. The van der Waals surface area contributed by atoms with Gasteiger partial charge in [0.1, 0.15) is 0 Å². The number of amides is 1. The van der Waals surface area contributed by atoms with Crippen molar-refractivity contribution in [2.24, 2.45) is 5.92 Å². The van der Waals surface area contributed by atoms with Gasteiger partial charge >= 0.3 is 0 Å². The van der Waals surface area contributed by atoms with E-state index in [0.717, 1.165) is 25.9 Å². The van der Waals surface area contributed by atoms with Crippen molar-refractivity contribution in [2.75, 3.05) is 13.1 Å². The normalized spacial score (nSPS) is 28.2. The first-order chi connectivity index (χ1) is 10.7. The van der Waals surface area contributed by atoms with Crippen molar-refractivity contribution in [2.45, 2.75) is 63.3 Å². The Hall–Kier alpha value is -0.870. The summed E-state index contributed by atoms with van der Waals surface area (Å²) >= 11 is 1.85. The van der Waals surface area contributed by atoms with E-state index in [2.05, 4.69) is 35.1 Å². The highest BCUT2D eigenvalue weighted by atomic mass is 32.1. The number of nitrogens with one attached hydrogen (secondary N) is 2. The predicted molar refractivity (Wildman–Crippen MR) is 92.3 cm³/mol. The van der Waals surface area contributed by atoms with Crippen LogP contribution in [0.2, 0.25) is 0 Å². The molecule has 22 heavy (non-hydrogen) atoms. The van der Waals surface area contributed by atoms with E-state index in [-0.39, 0.29) is 17.2 Å². The van der Waals surface area contributed by atoms with Gasteiger partial charge in [-0.2, -0.15) is 0 Å². The standard InChI is InChI=1S/C18H28N2OS/c1-14-12-15(7-10-19-14)17(21)20-13-18(8-3-2-4-9-18)16-6-5-11-22-16/h5-6,11,14-15,19H,2-4,7-10,12-13H2,1H3,(H,20,21)/t14-,15-/m0/s1. The molecule has 1 aliphatic heterocycles. The summed E-state index contributed by atoms with van der Waals surface area (Å²) in [6.07, 6.45) is 8.30. The average molecular weight is 321 g/mol. The van der Waals surface area contributed by atoms with Crippen molar-refractivity contribution in [1.29, 1.82) is 0 Å². The molecule has 0 spiro atoms. The molecule has 0 aromatic carbocycles. The maximum absolute atomic E-state index is 12.6. The van der Waals surface area contributed by atoms with Crippen LogP contribution in [-0.4, -0.2) is 25.0 Å². The smallest absolute Gasteiger partial charge is 0.223 e. The SMILES string of the molecule is C[C@H]1C[C@@H](C(=O)NCC2(c3cccs3)CCCCC2)CCN1. The second-order valence-electron chi connectivity index (χ2n) is 7.11. The lowest BCUT2D eigenvalue weighted by molar-refractivity contribution is -0.126. The highest BCUT2D eigenvalue weighted by Gasteiger charge is 2.36. The molecule has 0 radical (unpaired) electrons. The van der Waals surface area contributed by atoms with Crippen LogP contribution < -0.4 is 10.6 Å². The van der Waals surface area contributed by atoms with Crippen LogP contribution in [0, 0.1) is 5.92 Å². The van der Waals surface area contributed by atoms with Crippen molar-refractivity contribution < 1.29 is 4.79 Å². The number of carbonyl (C=O) groups is 1. The zero-order chi connectivity index (χ0) is 15.4. The molecule has 2 N–H and O–H groups in total. The van der Waals surface area contributed by atoms with Gasteiger partial charge in [-0.1, -0.05) is 25.3 Å². The minimum Gasteiger partial charge on any atom is -0.355 e. The zero-order valence-electron chi connectivity index (χ0n) is 13.6. The van der Waals surface area contributed by atoms with Crippen LogP contribution in [0.3, 0.4) is 0 Å². The highest BCUT2D eigenvalue weighted by molar-refractivity contribution is 7.10. The molecule has 0 bridgehead atoms. The number of carbonyl (C=O) groups excluding carboxylic acids is 1. The fourth-order valence-corrected chi connectivity index (χ4v) is 5.08. The molecule has 2 atom stereocenters. The Kier molecular flexibility index (Phi) is 5.19. The number of piperidine rings is 1. The molecule has 2 heterocycles. The maximum Gasteiger partial charge on any atom is 0.223 e. The summed E-state index contributed by atoms with van der Waals surface area (Å²) in [5, 5.41) is 8.90. The van der Waals surface area contributed by atoms with E-state index in [1.807, 2.05) is 11.3 Å². The van der Waals surface area contributed by atoms with Crippen molar-refractivity contribution in [3.05, 3.63) is 22.4 Å². The molecule has 0 unspecified atom stereocenters. The molecule has 1 saturated carbocycles. The largest absolute Gasteiger partial charge is 0.355 e. The molecule has 1 amide bonds. The summed E-state index contributed by atoms with van der Waals surface area (Å²) in [4.78, 5) is 14.0. The molecule has 1 aromatic heterocycles. The van der Waals surface area contributed by atoms with Gasteiger partial charge in [0.05, 0.1) is 0 Å². The van der Waals surface area contributed by atoms with Crippen LogP contribution in [0.1, 0.15) is 56.7 Å². The first kappa shape index (κ1) is 16.0. The lowest BCUT2D eigenvalue weighted by Gasteiger charge is -2.37. The molecule has 1 aliphatic carbocycles. The minimum atomic E-state index is 0.195. The first-order valence-electron chi connectivity index (χ1n) is 8.75. The second-order valence-corrected chi connectivity index (χ2v) is 8.06. The first-order valence-corrected chi connectivity index (χ1v) is 9.63. The monoisotopic (exact) mass is 320 g/mol. The van der Waals surface area contributed by atoms with E-state index in [1.165, 1.54) is 37.0 Å². The van der Waals surface area contributed by atoms with Gasteiger partial charge in [0.15, 0.2) is 0 Å². The molecule has 1 aromatic rings. The summed E-state index contributed by atoms with van der Waals surface area (Å²) in [5.74, 6) is 0.468. The van der Waals surface area contributed by atoms with Crippen LogP contribution in [0.5, 0.6) is 0 Å². The molecule has 4 heteroatoms. The Balaban J connectivity index is 1.63. The Morgan fingerprint density at radius 2 is 2.23 bits per heavy atom. The lowest BCUT2D eigenvalue weighted by atomic mass is 9.73. The predicted octanol–water partition coefficient (Wildman–Crippen LogP) is 3.45. The van der Waals surface area contributed by atoms with Crippen molar-refractivity contribution in [1.82, 2.24) is 10.6 Å². The summed E-state index contributed by atoms with van der Waals surface area (Å²) in [5.41, 5.74) is 0.195. The third-order valence-corrected chi connectivity index (χ3v) is 6.57. The van der Waals surface area contributed by atoms with E-state index in [1.54, 1.807) is 0 Å². The number of hydrogen-bond acceptors (Lipinski definition) is 3. The van der Waals surface area contributed by atoms with Crippen LogP contribution >= 0.6 is 11.3 Å². The molecule has 122 valence electrons. The van der Waals surface area contributed by atoms with Gasteiger partial charge in [0, 0.05) is 28.8 Å². The van der Waals surface area contributed by atoms with Crippen molar-refractivity contribution in [3.63, 3.8) is 0 Å². The van der Waals surface area contributed by atoms with Gasteiger partial charge < -0.3 is 10.6 Å². The van der Waals surface area contributed by atoms with E-state index in [0.29, 0.717) is 6.04 Å². The Morgan fingerprint density at radius 3 is 2.91 bits per heavy atom. The van der Waals surface area contributed by atoms with Gasteiger partial charge in [0.25, 0.3) is 0 Å². The average Bonchev–Trinajstić information content (AvgIpc) is 3.09. The number of hydrogen-bond donors (Lipinski definition) is 2. The zero-order valence-corrected chi connectivity index (χ0v) is 14.4. The summed E-state index contributed by atoms with van der Waals surface area (Å²) < 4.78 is 0.